The number of carbonyl (C=O) groups excluding carboxylic acids is 1. The summed E-state index contributed by atoms with van der Waals surface area (Å²) in [7, 11) is -3.71. The van der Waals surface area contributed by atoms with Crippen LogP contribution in [-0.2, 0) is 19.7 Å². The largest absolute Gasteiger partial charge is 0.462 e. The van der Waals surface area contributed by atoms with Gasteiger partial charge in [-0.3, -0.25) is 4.31 Å². The van der Waals surface area contributed by atoms with Crippen LogP contribution in [0, 0.1) is 5.92 Å². The molecule has 0 saturated heterocycles. The van der Waals surface area contributed by atoms with Gasteiger partial charge in [-0.2, -0.15) is 8.42 Å². The number of esters is 1. The third-order valence-corrected chi connectivity index (χ3v) is 3.60. The van der Waals surface area contributed by atoms with Crippen LogP contribution < -0.4 is 0 Å². The van der Waals surface area contributed by atoms with Crippen LogP contribution in [0.15, 0.2) is 16.2 Å². The van der Waals surface area contributed by atoms with Crippen molar-refractivity contribution in [3.63, 3.8) is 0 Å². The average molecular weight is 274 g/mol. The number of hydrogen-bond donors (Lipinski definition) is 0. The molecule has 1 rings (SSSR count). The fraction of sp³-hybridized carbons (Fsp3) is 0.636. The Bertz CT molecular complexity index is 491. The first-order valence-electron chi connectivity index (χ1n) is 5.75. The molecule has 102 valence electrons. The molecule has 0 N–H and O–H groups in total. The lowest BCUT2D eigenvalue weighted by Gasteiger charge is -2.24. The summed E-state index contributed by atoms with van der Waals surface area (Å²) in [4.78, 5) is 11.7. The van der Waals surface area contributed by atoms with Crippen molar-refractivity contribution in [2.75, 3.05) is 13.2 Å². The SMILES string of the molecule is CCOC(=O)C1=CN(CC(C)C)S(=O)(=O)N=C1C. The highest BCUT2D eigenvalue weighted by Gasteiger charge is 2.28. The van der Waals surface area contributed by atoms with Gasteiger partial charge in [0.25, 0.3) is 0 Å². The molecule has 0 spiro atoms. The van der Waals surface area contributed by atoms with Crippen molar-refractivity contribution in [1.29, 1.82) is 0 Å². The molecule has 0 saturated carbocycles. The summed E-state index contributed by atoms with van der Waals surface area (Å²) in [6.07, 6.45) is 1.30. The lowest BCUT2D eigenvalue weighted by Crippen LogP contribution is -2.34. The van der Waals surface area contributed by atoms with Crippen molar-refractivity contribution in [2.45, 2.75) is 27.7 Å². The monoisotopic (exact) mass is 274 g/mol. The van der Waals surface area contributed by atoms with Crippen LogP contribution in [0.1, 0.15) is 27.7 Å². The summed E-state index contributed by atoms with van der Waals surface area (Å²) >= 11 is 0. The summed E-state index contributed by atoms with van der Waals surface area (Å²) < 4.78 is 33.1. The zero-order valence-electron chi connectivity index (χ0n) is 11.0. The van der Waals surface area contributed by atoms with Crippen LogP contribution >= 0.6 is 0 Å². The molecule has 7 heteroatoms. The van der Waals surface area contributed by atoms with Crippen LogP contribution in [0.5, 0.6) is 0 Å². The highest BCUT2D eigenvalue weighted by molar-refractivity contribution is 7.88. The fourth-order valence-corrected chi connectivity index (χ4v) is 2.77. The first-order chi connectivity index (χ1) is 8.27. The normalized spacial score (nSPS) is 18.4. The van der Waals surface area contributed by atoms with Crippen LogP contribution in [-0.4, -0.2) is 37.6 Å². The molecule has 0 atom stereocenters. The average Bonchev–Trinajstić information content (AvgIpc) is 2.21. The first-order valence-corrected chi connectivity index (χ1v) is 7.15. The van der Waals surface area contributed by atoms with E-state index in [4.69, 9.17) is 4.74 Å². The zero-order valence-corrected chi connectivity index (χ0v) is 11.8. The van der Waals surface area contributed by atoms with Crippen LogP contribution in [0.2, 0.25) is 0 Å². The molecule has 0 fully saturated rings. The van der Waals surface area contributed by atoms with E-state index in [2.05, 4.69) is 4.40 Å². The summed E-state index contributed by atoms with van der Waals surface area (Å²) in [6, 6.07) is 0. The smallest absolute Gasteiger partial charge is 0.344 e. The minimum Gasteiger partial charge on any atom is -0.462 e. The predicted molar refractivity (Wildman–Crippen MR) is 68.3 cm³/mol. The van der Waals surface area contributed by atoms with Gasteiger partial charge in [0, 0.05) is 12.7 Å². The van der Waals surface area contributed by atoms with Gasteiger partial charge in [-0.25, -0.2) is 4.79 Å². The number of carbonyl (C=O) groups is 1. The topological polar surface area (TPSA) is 76.0 Å². The van der Waals surface area contributed by atoms with E-state index in [9.17, 15) is 13.2 Å². The van der Waals surface area contributed by atoms with Crippen molar-refractivity contribution < 1.29 is 17.9 Å². The van der Waals surface area contributed by atoms with E-state index in [-0.39, 0.29) is 30.4 Å². The lowest BCUT2D eigenvalue weighted by molar-refractivity contribution is -0.137. The van der Waals surface area contributed by atoms with Gasteiger partial charge < -0.3 is 4.74 Å². The molecule has 1 heterocycles. The van der Waals surface area contributed by atoms with Crippen molar-refractivity contribution in [3.8, 4) is 0 Å². The second kappa shape index (κ2) is 5.51. The molecule has 0 unspecified atom stereocenters. The van der Waals surface area contributed by atoms with Gasteiger partial charge in [-0.1, -0.05) is 13.8 Å². The maximum Gasteiger partial charge on any atom is 0.344 e. The molecule has 0 aromatic rings. The number of hydrogen-bond acceptors (Lipinski definition) is 4. The lowest BCUT2D eigenvalue weighted by atomic mass is 10.2. The third kappa shape index (κ3) is 3.32. The van der Waals surface area contributed by atoms with Gasteiger partial charge in [0.1, 0.15) is 0 Å². The maximum absolute atomic E-state index is 11.8. The highest BCUT2D eigenvalue weighted by atomic mass is 32.2. The first kappa shape index (κ1) is 14.7. The molecule has 0 radical (unpaired) electrons. The Morgan fingerprint density at radius 3 is 2.61 bits per heavy atom. The van der Waals surface area contributed by atoms with Gasteiger partial charge >= 0.3 is 16.2 Å². The quantitative estimate of drug-likeness (QED) is 0.720. The van der Waals surface area contributed by atoms with E-state index < -0.39 is 16.2 Å². The Labute approximate surface area is 108 Å². The van der Waals surface area contributed by atoms with Crippen molar-refractivity contribution in [2.24, 2.45) is 10.3 Å². The Morgan fingerprint density at radius 1 is 1.50 bits per heavy atom. The summed E-state index contributed by atoms with van der Waals surface area (Å²) in [5, 5.41) is 0. The van der Waals surface area contributed by atoms with Gasteiger partial charge in [-0.05, 0) is 19.8 Å². The molecule has 18 heavy (non-hydrogen) atoms. The maximum atomic E-state index is 11.8. The fourth-order valence-electron chi connectivity index (χ4n) is 1.49. The Balaban J connectivity index is 3.08. The Hall–Kier alpha value is -1.37. The van der Waals surface area contributed by atoms with Crippen LogP contribution in [0.25, 0.3) is 0 Å². The zero-order chi connectivity index (χ0) is 13.9. The summed E-state index contributed by atoms with van der Waals surface area (Å²) in [5.74, 6) is -0.421. The molecule has 6 nitrogen and oxygen atoms in total. The highest BCUT2D eigenvalue weighted by Crippen LogP contribution is 2.18. The van der Waals surface area contributed by atoms with Crippen LogP contribution in [0.3, 0.4) is 0 Å². The standard InChI is InChI=1S/C11H18N2O4S/c1-5-17-11(14)10-7-13(6-8(2)3)18(15,16)12-9(10)4/h7-8H,5-6H2,1-4H3. The molecule has 0 bridgehead atoms. The molecular weight excluding hydrogens is 256 g/mol. The van der Waals surface area contributed by atoms with E-state index in [1.54, 1.807) is 6.92 Å². The number of ether oxygens (including phenoxy) is 1. The summed E-state index contributed by atoms with van der Waals surface area (Å²) in [6.45, 7) is 7.46. The molecule has 0 aliphatic carbocycles. The van der Waals surface area contributed by atoms with Crippen LogP contribution in [0.4, 0.5) is 0 Å². The number of nitrogens with zero attached hydrogens (tertiary/aromatic N) is 2. The Kier molecular flexibility index (Phi) is 4.50. The second-order valence-electron chi connectivity index (χ2n) is 4.38. The van der Waals surface area contributed by atoms with Gasteiger partial charge in [0.05, 0.1) is 17.9 Å². The number of rotatable bonds is 4. The van der Waals surface area contributed by atoms with E-state index in [0.29, 0.717) is 0 Å². The van der Waals surface area contributed by atoms with E-state index in [0.717, 1.165) is 4.31 Å². The molecule has 1 aliphatic rings. The summed E-state index contributed by atoms with van der Waals surface area (Å²) in [5.41, 5.74) is 0.348. The van der Waals surface area contributed by atoms with E-state index in [1.807, 2.05) is 13.8 Å². The van der Waals surface area contributed by atoms with E-state index in [1.165, 1.54) is 13.1 Å². The van der Waals surface area contributed by atoms with E-state index >= 15 is 0 Å². The molecule has 0 amide bonds. The Morgan fingerprint density at radius 2 is 2.11 bits per heavy atom. The molecular formula is C11H18N2O4S. The van der Waals surface area contributed by atoms with Gasteiger partial charge in [0.15, 0.2) is 0 Å². The van der Waals surface area contributed by atoms with Gasteiger partial charge in [-0.15, -0.1) is 4.40 Å². The molecule has 0 aromatic heterocycles. The third-order valence-electron chi connectivity index (χ3n) is 2.25. The van der Waals surface area contributed by atoms with Crippen molar-refractivity contribution in [1.82, 2.24) is 4.31 Å². The predicted octanol–water partition coefficient (Wildman–Crippen LogP) is 1.11. The minimum atomic E-state index is -3.71. The minimum absolute atomic E-state index is 0.132. The molecule has 0 aromatic carbocycles. The second-order valence-corrected chi connectivity index (χ2v) is 5.93. The van der Waals surface area contributed by atoms with Crippen molar-refractivity contribution >= 4 is 21.9 Å². The van der Waals surface area contributed by atoms with Crippen molar-refractivity contribution in [3.05, 3.63) is 11.8 Å². The molecule has 1 aliphatic heterocycles. The van der Waals surface area contributed by atoms with Gasteiger partial charge in [0.2, 0.25) is 0 Å².